The van der Waals surface area contributed by atoms with Gasteiger partial charge >= 0.3 is 0 Å². The predicted molar refractivity (Wildman–Crippen MR) is 67.4 cm³/mol. The number of nitrogens with zero attached hydrogens (tertiary/aromatic N) is 2. The number of hydrogen-bond donors (Lipinski definition) is 1. The zero-order valence-corrected chi connectivity index (χ0v) is 10.3. The van der Waals surface area contributed by atoms with E-state index in [4.69, 9.17) is 11.6 Å². The molecule has 1 amide bonds. The maximum Gasteiger partial charge on any atom is 0.273 e. The van der Waals surface area contributed by atoms with Gasteiger partial charge in [0.1, 0.15) is 5.69 Å². The van der Waals surface area contributed by atoms with Crippen LogP contribution in [0.2, 0.25) is 5.15 Å². The zero-order valence-electron chi connectivity index (χ0n) is 9.57. The molecule has 2 aromatic rings. The fourth-order valence-corrected chi connectivity index (χ4v) is 1.69. The lowest BCUT2D eigenvalue weighted by Gasteiger charge is -2.05. The quantitative estimate of drug-likeness (QED) is 0.889. The summed E-state index contributed by atoms with van der Waals surface area (Å²) < 4.78 is 1.45. The van der Waals surface area contributed by atoms with Crippen LogP contribution in [-0.4, -0.2) is 15.7 Å². The molecule has 2 rings (SSSR count). The van der Waals surface area contributed by atoms with E-state index in [2.05, 4.69) is 10.4 Å². The molecule has 1 aromatic heterocycles. The van der Waals surface area contributed by atoms with Gasteiger partial charge in [0.25, 0.3) is 5.91 Å². The predicted octanol–water partition coefficient (Wildman–Crippen LogP) is 2.63. The largest absolute Gasteiger partial charge is 0.321 e. The molecule has 0 unspecified atom stereocenters. The van der Waals surface area contributed by atoms with Crippen molar-refractivity contribution in [2.24, 2.45) is 7.05 Å². The van der Waals surface area contributed by atoms with Crippen LogP contribution in [0, 0.1) is 6.92 Å². The number of nitrogens with one attached hydrogen (secondary N) is 1. The van der Waals surface area contributed by atoms with Crippen molar-refractivity contribution in [2.45, 2.75) is 6.92 Å². The average molecular weight is 250 g/mol. The maximum atomic E-state index is 11.9. The first kappa shape index (κ1) is 11.7. The highest BCUT2D eigenvalue weighted by molar-refractivity contribution is 6.29. The Balaban J connectivity index is 2.17. The smallest absolute Gasteiger partial charge is 0.273 e. The van der Waals surface area contributed by atoms with E-state index in [1.807, 2.05) is 31.2 Å². The summed E-state index contributed by atoms with van der Waals surface area (Å²) in [4.78, 5) is 11.9. The first-order valence-corrected chi connectivity index (χ1v) is 5.51. The van der Waals surface area contributed by atoms with E-state index >= 15 is 0 Å². The minimum absolute atomic E-state index is 0.226. The molecule has 17 heavy (non-hydrogen) atoms. The van der Waals surface area contributed by atoms with Crippen molar-refractivity contribution >= 4 is 23.2 Å². The zero-order chi connectivity index (χ0) is 12.4. The lowest BCUT2D eigenvalue weighted by atomic mass is 10.2. The van der Waals surface area contributed by atoms with Crippen molar-refractivity contribution in [2.75, 3.05) is 5.32 Å². The van der Waals surface area contributed by atoms with Crippen LogP contribution in [0.25, 0.3) is 0 Å². The van der Waals surface area contributed by atoms with Crippen LogP contribution < -0.4 is 5.32 Å². The van der Waals surface area contributed by atoms with E-state index in [9.17, 15) is 4.79 Å². The van der Waals surface area contributed by atoms with Gasteiger partial charge in [-0.25, -0.2) is 0 Å². The van der Waals surface area contributed by atoms with E-state index in [0.717, 1.165) is 11.3 Å². The Kier molecular flexibility index (Phi) is 3.15. The summed E-state index contributed by atoms with van der Waals surface area (Å²) in [5, 5.41) is 7.00. The topological polar surface area (TPSA) is 46.9 Å². The van der Waals surface area contributed by atoms with Crippen LogP contribution in [0.3, 0.4) is 0 Å². The van der Waals surface area contributed by atoms with E-state index in [0.29, 0.717) is 10.8 Å². The second kappa shape index (κ2) is 4.59. The van der Waals surface area contributed by atoms with Gasteiger partial charge in [0, 0.05) is 18.8 Å². The fourth-order valence-electron chi connectivity index (χ4n) is 1.48. The van der Waals surface area contributed by atoms with Gasteiger partial charge in [0.05, 0.1) is 0 Å². The van der Waals surface area contributed by atoms with Gasteiger partial charge in [-0.2, -0.15) is 5.10 Å². The van der Waals surface area contributed by atoms with Crippen molar-refractivity contribution in [3.63, 3.8) is 0 Å². The van der Waals surface area contributed by atoms with Gasteiger partial charge in [0.15, 0.2) is 5.15 Å². The molecule has 0 aliphatic carbocycles. The summed E-state index contributed by atoms with van der Waals surface area (Å²) in [5.74, 6) is -0.226. The van der Waals surface area contributed by atoms with Gasteiger partial charge in [-0.15, -0.1) is 0 Å². The highest BCUT2D eigenvalue weighted by Gasteiger charge is 2.12. The van der Waals surface area contributed by atoms with E-state index in [1.165, 1.54) is 10.7 Å². The summed E-state index contributed by atoms with van der Waals surface area (Å²) in [6.07, 6.45) is 0. The number of amides is 1. The van der Waals surface area contributed by atoms with Crippen molar-refractivity contribution in [3.05, 3.63) is 46.7 Å². The monoisotopic (exact) mass is 249 g/mol. The van der Waals surface area contributed by atoms with Crippen molar-refractivity contribution < 1.29 is 4.79 Å². The second-order valence-corrected chi connectivity index (χ2v) is 4.18. The molecule has 0 bridgehead atoms. The molecule has 4 nitrogen and oxygen atoms in total. The fraction of sp³-hybridized carbons (Fsp3) is 0.167. The summed E-state index contributed by atoms with van der Waals surface area (Å²) >= 11 is 5.72. The molecule has 0 aliphatic rings. The molecule has 1 aromatic carbocycles. The minimum atomic E-state index is -0.226. The number of carbonyl (C=O) groups is 1. The number of halogens is 1. The maximum absolute atomic E-state index is 11.9. The highest BCUT2D eigenvalue weighted by Crippen LogP contribution is 2.13. The molecule has 1 heterocycles. The Morgan fingerprint density at radius 3 is 2.53 bits per heavy atom. The minimum Gasteiger partial charge on any atom is -0.321 e. The Bertz CT molecular complexity index is 545. The molecule has 0 saturated heterocycles. The third kappa shape index (κ3) is 2.65. The number of benzene rings is 1. The molecule has 0 atom stereocenters. The standard InChI is InChI=1S/C12H12ClN3O/c1-8-3-5-9(6-4-8)14-12(17)10-7-11(13)15-16(10)2/h3-7H,1-2H3,(H,14,17). The number of aryl methyl sites for hydroxylation is 2. The van der Waals surface area contributed by atoms with Crippen LogP contribution >= 0.6 is 11.6 Å². The SMILES string of the molecule is Cc1ccc(NC(=O)c2cc(Cl)nn2C)cc1. The highest BCUT2D eigenvalue weighted by atomic mass is 35.5. The molecule has 0 radical (unpaired) electrons. The van der Waals surface area contributed by atoms with E-state index in [1.54, 1.807) is 7.05 Å². The summed E-state index contributed by atoms with van der Waals surface area (Å²) in [6, 6.07) is 9.11. The normalized spacial score (nSPS) is 10.3. The van der Waals surface area contributed by atoms with Gasteiger partial charge in [-0.1, -0.05) is 29.3 Å². The third-order valence-corrected chi connectivity index (χ3v) is 2.58. The summed E-state index contributed by atoms with van der Waals surface area (Å²) in [6.45, 7) is 1.99. The lowest BCUT2D eigenvalue weighted by molar-refractivity contribution is 0.101. The van der Waals surface area contributed by atoms with E-state index in [-0.39, 0.29) is 5.91 Å². The van der Waals surface area contributed by atoms with Gasteiger partial charge < -0.3 is 5.32 Å². The number of rotatable bonds is 2. The number of aromatic nitrogens is 2. The van der Waals surface area contributed by atoms with Gasteiger partial charge in [-0.05, 0) is 19.1 Å². The Labute approximate surface area is 104 Å². The molecule has 0 aliphatic heterocycles. The first-order chi connectivity index (χ1) is 8.06. The van der Waals surface area contributed by atoms with Crippen LogP contribution in [0.15, 0.2) is 30.3 Å². The van der Waals surface area contributed by atoms with Gasteiger partial charge in [-0.3, -0.25) is 9.48 Å². The molecule has 88 valence electrons. The Morgan fingerprint density at radius 1 is 1.35 bits per heavy atom. The summed E-state index contributed by atoms with van der Waals surface area (Å²) in [5.41, 5.74) is 2.32. The van der Waals surface area contributed by atoms with Crippen molar-refractivity contribution in [1.82, 2.24) is 9.78 Å². The molecular formula is C12H12ClN3O. The summed E-state index contributed by atoms with van der Waals surface area (Å²) in [7, 11) is 1.68. The Morgan fingerprint density at radius 2 is 2.00 bits per heavy atom. The number of anilines is 1. The molecule has 0 fully saturated rings. The molecule has 0 spiro atoms. The first-order valence-electron chi connectivity index (χ1n) is 5.14. The lowest BCUT2D eigenvalue weighted by Crippen LogP contribution is -2.15. The molecule has 5 heteroatoms. The number of carbonyl (C=O) groups excluding carboxylic acids is 1. The third-order valence-electron chi connectivity index (χ3n) is 2.39. The van der Waals surface area contributed by atoms with Crippen LogP contribution in [0.4, 0.5) is 5.69 Å². The van der Waals surface area contributed by atoms with Crippen molar-refractivity contribution in [3.8, 4) is 0 Å². The van der Waals surface area contributed by atoms with Crippen LogP contribution in [0.1, 0.15) is 16.1 Å². The van der Waals surface area contributed by atoms with Crippen molar-refractivity contribution in [1.29, 1.82) is 0 Å². The molecule has 0 saturated carbocycles. The second-order valence-electron chi connectivity index (χ2n) is 3.80. The molecular weight excluding hydrogens is 238 g/mol. The molecule has 1 N–H and O–H groups in total. The average Bonchev–Trinajstić information content (AvgIpc) is 2.61. The van der Waals surface area contributed by atoms with Gasteiger partial charge in [0.2, 0.25) is 0 Å². The van der Waals surface area contributed by atoms with E-state index < -0.39 is 0 Å². The number of hydrogen-bond acceptors (Lipinski definition) is 2. The Hall–Kier alpha value is -1.81. The van der Waals surface area contributed by atoms with Crippen LogP contribution in [0.5, 0.6) is 0 Å². The van der Waals surface area contributed by atoms with Crippen LogP contribution in [-0.2, 0) is 7.05 Å².